The van der Waals surface area contributed by atoms with E-state index in [1.54, 1.807) is 42.6 Å². The van der Waals surface area contributed by atoms with Crippen LogP contribution >= 0.6 is 35.0 Å². The lowest BCUT2D eigenvalue weighted by Gasteiger charge is -2.28. The molecule has 0 radical (unpaired) electrons. The summed E-state index contributed by atoms with van der Waals surface area (Å²) in [7, 11) is 1.58. The van der Waals surface area contributed by atoms with Gasteiger partial charge in [-0.1, -0.05) is 60.4 Å². The maximum absolute atomic E-state index is 12.7. The van der Waals surface area contributed by atoms with Crippen LogP contribution in [0.5, 0.6) is 11.5 Å². The molecule has 1 aliphatic heterocycles. The van der Waals surface area contributed by atoms with Crippen molar-refractivity contribution in [1.82, 2.24) is 14.8 Å². The van der Waals surface area contributed by atoms with Gasteiger partial charge in [0.05, 0.1) is 7.11 Å². The molecule has 1 N–H and O–H groups in total. The lowest BCUT2D eigenvalue weighted by atomic mass is 9.93. The van der Waals surface area contributed by atoms with E-state index in [1.165, 1.54) is 0 Å². The van der Waals surface area contributed by atoms with Crippen molar-refractivity contribution in [3.63, 3.8) is 0 Å². The highest BCUT2D eigenvalue weighted by Crippen LogP contribution is 2.40. The Kier molecular flexibility index (Phi) is 8.49. The molecule has 3 aromatic rings. The molecule has 36 heavy (non-hydrogen) atoms. The number of nitrogens with zero attached hydrogens (tertiary/aromatic N) is 3. The van der Waals surface area contributed by atoms with E-state index in [4.69, 9.17) is 37.8 Å². The molecule has 7 nitrogen and oxygen atoms in total. The average molecular weight is 548 g/mol. The Hall–Kier alpha value is -2.68. The fourth-order valence-corrected chi connectivity index (χ4v) is 5.41. The van der Waals surface area contributed by atoms with Crippen molar-refractivity contribution in [3.8, 4) is 11.5 Å². The molecule has 2 heterocycles. The van der Waals surface area contributed by atoms with E-state index >= 15 is 0 Å². The van der Waals surface area contributed by atoms with Crippen LogP contribution in [0.4, 0.5) is 5.95 Å². The van der Waals surface area contributed by atoms with Gasteiger partial charge in [-0.25, -0.2) is 4.68 Å². The molecule has 4 rings (SSSR count). The minimum absolute atomic E-state index is 0.0389. The highest BCUT2D eigenvalue weighted by atomic mass is 35.5. The Morgan fingerprint density at radius 3 is 2.69 bits per heavy atom. The molecule has 0 saturated heterocycles. The first kappa shape index (κ1) is 26.4. The second kappa shape index (κ2) is 11.6. The van der Waals surface area contributed by atoms with Crippen LogP contribution in [0.2, 0.25) is 10.0 Å². The second-order valence-electron chi connectivity index (χ2n) is 8.42. The second-order valence-corrected chi connectivity index (χ2v) is 10.3. The van der Waals surface area contributed by atoms with E-state index in [0.29, 0.717) is 38.2 Å². The average Bonchev–Trinajstić information content (AvgIpc) is 3.24. The van der Waals surface area contributed by atoms with E-state index in [2.05, 4.69) is 17.2 Å². The third kappa shape index (κ3) is 5.66. The molecule has 0 saturated carbocycles. The molecular weight excluding hydrogens is 519 g/mol. The summed E-state index contributed by atoms with van der Waals surface area (Å²) in [5, 5.41) is 9.77. The molecule has 0 amide bonds. The number of hydrogen-bond acceptors (Lipinski definition) is 7. The van der Waals surface area contributed by atoms with Gasteiger partial charge >= 0.3 is 0 Å². The SMILES string of the molecule is CCCCSc1nc2n(n1)C(c1ccc(OCc3ccc(Cl)cc3Cl)c(OC)c1)C(C(C)=O)=C(C)N2. The molecule has 10 heteroatoms. The molecule has 2 aromatic carbocycles. The van der Waals surface area contributed by atoms with Crippen LogP contribution in [0.3, 0.4) is 0 Å². The maximum atomic E-state index is 12.7. The number of methoxy groups -OCH3 is 1. The van der Waals surface area contributed by atoms with Crippen LogP contribution < -0.4 is 14.8 Å². The predicted molar refractivity (Wildman–Crippen MR) is 145 cm³/mol. The first-order chi connectivity index (χ1) is 17.3. The van der Waals surface area contributed by atoms with Crippen molar-refractivity contribution in [2.45, 2.75) is 51.4 Å². The summed E-state index contributed by atoms with van der Waals surface area (Å²) in [4.78, 5) is 17.4. The molecule has 0 aliphatic carbocycles. The quantitative estimate of drug-likeness (QED) is 0.218. The van der Waals surface area contributed by atoms with E-state index in [-0.39, 0.29) is 12.4 Å². The number of nitrogens with one attached hydrogen (secondary N) is 1. The Bertz CT molecular complexity index is 1310. The minimum atomic E-state index is -0.444. The number of rotatable bonds is 10. The summed E-state index contributed by atoms with van der Waals surface area (Å²) < 4.78 is 13.4. The van der Waals surface area contributed by atoms with Crippen molar-refractivity contribution in [3.05, 3.63) is 68.8 Å². The highest BCUT2D eigenvalue weighted by molar-refractivity contribution is 7.99. The van der Waals surface area contributed by atoms with Gasteiger partial charge in [-0.15, -0.1) is 5.10 Å². The van der Waals surface area contributed by atoms with Crippen molar-refractivity contribution in [1.29, 1.82) is 0 Å². The third-order valence-electron chi connectivity index (χ3n) is 5.84. The summed E-state index contributed by atoms with van der Waals surface area (Å²) >= 11 is 13.9. The molecule has 1 aliphatic rings. The number of carbonyl (C=O) groups is 1. The van der Waals surface area contributed by atoms with Crippen LogP contribution in [0, 0.1) is 0 Å². The number of ether oxygens (including phenoxy) is 2. The van der Waals surface area contributed by atoms with E-state index in [0.717, 1.165) is 35.4 Å². The zero-order chi connectivity index (χ0) is 25.8. The number of benzene rings is 2. The van der Waals surface area contributed by atoms with E-state index in [9.17, 15) is 4.79 Å². The van der Waals surface area contributed by atoms with Crippen LogP contribution in [0.1, 0.15) is 50.8 Å². The summed E-state index contributed by atoms with van der Waals surface area (Å²) in [6.07, 6.45) is 2.19. The van der Waals surface area contributed by atoms with Crippen LogP contribution in [-0.2, 0) is 11.4 Å². The van der Waals surface area contributed by atoms with Gasteiger partial charge in [-0.2, -0.15) is 4.98 Å². The van der Waals surface area contributed by atoms with Gasteiger partial charge in [0.1, 0.15) is 12.6 Å². The monoisotopic (exact) mass is 546 g/mol. The van der Waals surface area contributed by atoms with Gasteiger partial charge in [-0.05, 0) is 50.1 Å². The number of allylic oxidation sites excluding steroid dienone is 2. The number of Topliss-reactive ketones (excluding diaryl/α,β-unsaturated/α-hetero) is 1. The van der Waals surface area contributed by atoms with E-state index < -0.39 is 6.04 Å². The standard InChI is InChI=1S/C26H28Cl2N4O3S/c1-5-6-11-36-26-30-25-29-15(2)23(16(3)33)24(32(25)31-26)17-8-10-21(22(12-17)34-4)35-14-18-7-9-19(27)13-20(18)28/h7-10,12-13,24H,5-6,11,14H2,1-4H3,(H,29,30,31). The fourth-order valence-electron chi connectivity index (χ4n) is 4.03. The molecule has 0 bridgehead atoms. The molecule has 1 atom stereocenters. The number of fused-ring (bicyclic) bond motifs is 1. The third-order valence-corrected chi connectivity index (χ3v) is 7.35. The fraction of sp³-hybridized carbons (Fsp3) is 0.346. The lowest BCUT2D eigenvalue weighted by molar-refractivity contribution is -0.114. The summed E-state index contributed by atoms with van der Waals surface area (Å²) in [5.74, 6) is 2.60. The predicted octanol–water partition coefficient (Wildman–Crippen LogP) is 6.94. The molecular formula is C26H28Cl2N4O3S. The number of ketones is 1. The number of halogens is 2. The van der Waals surface area contributed by atoms with Gasteiger partial charge < -0.3 is 14.8 Å². The maximum Gasteiger partial charge on any atom is 0.227 e. The van der Waals surface area contributed by atoms with Crippen molar-refractivity contribution in [2.75, 3.05) is 18.2 Å². The first-order valence-corrected chi connectivity index (χ1v) is 13.4. The Morgan fingerprint density at radius 2 is 2.00 bits per heavy atom. The van der Waals surface area contributed by atoms with Gasteiger partial charge in [0, 0.05) is 32.6 Å². The van der Waals surface area contributed by atoms with E-state index in [1.807, 2.05) is 31.2 Å². The number of carbonyl (C=O) groups excluding carboxylic acids is 1. The largest absolute Gasteiger partial charge is 0.493 e. The number of aromatic nitrogens is 3. The Morgan fingerprint density at radius 1 is 1.19 bits per heavy atom. The summed E-state index contributed by atoms with van der Waals surface area (Å²) in [5.41, 5.74) is 3.03. The molecule has 0 fully saturated rings. The molecule has 0 spiro atoms. The number of anilines is 1. The first-order valence-electron chi connectivity index (χ1n) is 11.6. The zero-order valence-electron chi connectivity index (χ0n) is 20.6. The topological polar surface area (TPSA) is 78.3 Å². The van der Waals surface area contributed by atoms with Crippen molar-refractivity contribution in [2.24, 2.45) is 0 Å². The number of hydrogen-bond donors (Lipinski definition) is 1. The smallest absolute Gasteiger partial charge is 0.227 e. The van der Waals surface area contributed by atoms with Crippen LogP contribution in [-0.4, -0.2) is 33.4 Å². The van der Waals surface area contributed by atoms with Crippen molar-refractivity contribution < 1.29 is 14.3 Å². The van der Waals surface area contributed by atoms with Crippen molar-refractivity contribution >= 4 is 46.7 Å². The molecule has 1 unspecified atom stereocenters. The van der Waals surface area contributed by atoms with Gasteiger partial charge in [0.15, 0.2) is 17.3 Å². The zero-order valence-corrected chi connectivity index (χ0v) is 22.9. The summed E-state index contributed by atoms with van der Waals surface area (Å²) in [6, 6.07) is 10.5. The number of unbranched alkanes of at least 4 members (excludes halogenated alkanes) is 1. The van der Waals surface area contributed by atoms with Gasteiger partial charge in [0.25, 0.3) is 0 Å². The Labute approximate surface area is 225 Å². The number of thioether (sulfide) groups is 1. The summed E-state index contributed by atoms with van der Waals surface area (Å²) in [6.45, 7) is 5.86. The molecule has 190 valence electrons. The minimum Gasteiger partial charge on any atom is -0.493 e. The van der Waals surface area contributed by atoms with Gasteiger partial charge in [-0.3, -0.25) is 4.79 Å². The Balaban J connectivity index is 1.66. The van der Waals surface area contributed by atoms with Gasteiger partial charge in [0.2, 0.25) is 11.1 Å². The molecule has 1 aromatic heterocycles. The van der Waals surface area contributed by atoms with Crippen LogP contribution in [0.15, 0.2) is 52.8 Å². The highest BCUT2D eigenvalue weighted by Gasteiger charge is 2.33. The normalized spacial score (nSPS) is 14.9. The lowest BCUT2D eigenvalue weighted by Crippen LogP contribution is -2.27. The van der Waals surface area contributed by atoms with Crippen LogP contribution in [0.25, 0.3) is 0 Å².